The van der Waals surface area contributed by atoms with Crippen molar-refractivity contribution in [2.45, 2.75) is 19.9 Å². The number of carbonyl (C=O) groups excluding carboxylic acids is 1. The Labute approximate surface area is 147 Å². The van der Waals surface area contributed by atoms with Crippen LogP contribution >= 0.6 is 0 Å². The zero-order chi connectivity index (χ0) is 18.1. The Kier molecular flexibility index (Phi) is 6.76. The minimum absolute atomic E-state index is 0.326. The molecular weight excluding hydrogens is 318 g/mol. The highest BCUT2D eigenvalue weighted by molar-refractivity contribution is 5.67. The van der Waals surface area contributed by atoms with Crippen LogP contribution in [0.25, 0.3) is 0 Å². The Hall–Kier alpha value is -3.09. The molecule has 1 amide bonds. The molecular formula is C18H23N5O2. The molecule has 0 aromatic heterocycles. The van der Waals surface area contributed by atoms with Gasteiger partial charge in [0, 0.05) is 18.8 Å². The molecule has 0 atom stereocenters. The first kappa shape index (κ1) is 18.3. The molecule has 0 aliphatic rings. The van der Waals surface area contributed by atoms with E-state index in [0.29, 0.717) is 37.5 Å². The molecule has 25 heavy (non-hydrogen) atoms. The number of anilines is 1. The predicted molar refractivity (Wildman–Crippen MR) is 97.1 cm³/mol. The summed E-state index contributed by atoms with van der Waals surface area (Å²) in [6.45, 7) is 3.15. The highest BCUT2D eigenvalue weighted by Crippen LogP contribution is 2.15. The fourth-order valence-electron chi connectivity index (χ4n) is 2.35. The van der Waals surface area contributed by atoms with Crippen LogP contribution in [0.2, 0.25) is 0 Å². The van der Waals surface area contributed by atoms with Gasteiger partial charge >= 0.3 is 6.09 Å². The third-order valence-electron chi connectivity index (χ3n) is 3.66. The van der Waals surface area contributed by atoms with Crippen LogP contribution in [0.4, 0.5) is 16.2 Å². The molecule has 0 radical (unpaired) electrons. The standard InChI is InChI=1S/C18H23N5O2/c1-2-25-18(24)23(13-15-3-7-16(19)8-4-15)12-11-14-5-9-17(10-6-14)21-22-20/h3-10H,2,11-13,19H2,1H3,(H2,20,21). The number of nitrogens with two attached hydrogens (primary N) is 2. The summed E-state index contributed by atoms with van der Waals surface area (Å²) in [6.07, 6.45) is 0.376. The van der Waals surface area contributed by atoms with Gasteiger partial charge in [-0.3, -0.25) is 0 Å². The molecule has 0 aliphatic carbocycles. The number of ether oxygens (including phenoxy) is 1. The van der Waals surface area contributed by atoms with Gasteiger partial charge in [0.25, 0.3) is 0 Å². The molecule has 132 valence electrons. The lowest BCUT2D eigenvalue weighted by atomic mass is 10.1. The number of amides is 1. The van der Waals surface area contributed by atoms with Crippen LogP contribution < -0.4 is 11.6 Å². The van der Waals surface area contributed by atoms with Gasteiger partial charge in [-0.1, -0.05) is 29.5 Å². The number of carbonyl (C=O) groups is 1. The quantitative estimate of drug-likeness (QED) is 0.348. The first-order valence-electron chi connectivity index (χ1n) is 8.08. The molecule has 0 saturated carbocycles. The van der Waals surface area contributed by atoms with Crippen molar-refractivity contribution in [2.24, 2.45) is 16.2 Å². The van der Waals surface area contributed by atoms with Gasteiger partial charge in [-0.05, 0) is 48.7 Å². The van der Waals surface area contributed by atoms with Crippen molar-refractivity contribution in [3.8, 4) is 0 Å². The number of benzene rings is 2. The van der Waals surface area contributed by atoms with Crippen LogP contribution in [0.15, 0.2) is 58.9 Å². The fourth-order valence-corrected chi connectivity index (χ4v) is 2.35. The van der Waals surface area contributed by atoms with Gasteiger partial charge in [-0.25, -0.2) is 4.79 Å². The molecule has 0 bridgehead atoms. The third-order valence-corrected chi connectivity index (χ3v) is 3.66. The van der Waals surface area contributed by atoms with E-state index in [1.54, 1.807) is 11.8 Å². The SMILES string of the molecule is CCOC(=O)N(CCc1ccc(N=NN)cc1)Cc1ccc(N)cc1. The van der Waals surface area contributed by atoms with E-state index in [1.165, 1.54) is 0 Å². The van der Waals surface area contributed by atoms with Gasteiger partial charge in [0.05, 0.1) is 12.3 Å². The molecule has 0 unspecified atom stereocenters. The zero-order valence-corrected chi connectivity index (χ0v) is 14.3. The molecule has 2 rings (SSSR count). The van der Waals surface area contributed by atoms with Crippen LogP contribution in [-0.4, -0.2) is 24.1 Å². The van der Waals surface area contributed by atoms with E-state index in [2.05, 4.69) is 10.3 Å². The van der Waals surface area contributed by atoms with Crippen LogP contribution in [0, 0.1) is 0 Å². The third kappa shape index (κ3) is 5.80. The summed E-state index contributed by atoms with van der Waals surface area (Å²) >= 11 is 0. The van der Waals surface area contributed by atoms with Crippen molar-refractivity contribution in [1.82, 2.24) is 4.90 Å². The smallest absolute Gasteiger partial charge is 0.410 e. The van der Waals surface area contributed by atoms with Crippen LogP contribution in [0.1, 0.15) is 18.1 Å². The van der Waals surface area contributed by atoms with E-state index in [0.717, 1.165) is 11.1 Å². The lowest BCUT2D eigenvalue weighted by molar-refractivity contribution is 0.105. The Bertz CT molecular complexity index is 698. The number of hydrogen-bond acceptors (Lipinski definition) is 5. The van der Waals surface area contributed by atoms with E-state index < -0.39 is 0 Å². The Balaban J connectivity index is 2.02. The molecule has 7 heteroatoms. The van der Waals surface area contributed by atoms with Crippen LogP contribution in [0.3, 0.4) is 0 Å². The molecule has 0 spiro atoms. The highest BCUT2D eigenvalue weighted by atomic mass is 16.6. The van der Waals surface area contributed by atoms with Crippen molar-refractivity contribution < 1.29 is 9.53 Å². The number of hydrogen-bond donors (Lipinski definition) is 2. The molecule has 0 saturated heterocycles. The first-order valence-corrected chi connectivity index (χ1v) is 8.08. The average Bonchev–Trinajstić information content (AvgIpc) is 2.62. The van der Waals surface area contributed by atoms with Gasteiger partial charge in [-0.2, -0.15) is 0 Å². The average molecular weight is 341 g/mol. The minimum Gasteiger partial charge on any atom is -0.450 e. The fraction of sp³-hybridized carbons (Fsp3) is 0.278. The van der Waals surface area contributed by atoms with Gasteiger partial charge in [0.2, 0.25) is 0 Å². The molecule has 7 nitrogen and oxygen atoms in total. The summed E-state index contributed by atoms with van der Waals surface area (Å²) in [5.41, 5.74) is 9.18. The second-order valence-electron chi connectivity index (χ2n) is 5.49. The minimum atomic E-state index is -0.326. The summed E-state index contributed by atoms with van der Waals surface area (Å²) in [5.74, 6) is 5.03. The lowest BCUT2D eigenvalue weighted by Crippen LogP contribution is -2.33. The number of nitrogens with zero attached hydrogens (tertiary/aromatic N) is 3. The first-order chi connectivity index (χ1) is 12.1. The van der Waals surface area contributed by atoms with E-state index in [9.17, 15) is 4.79 Å². The molecule has 0 aliphatic heterocycles. The van der Waals surface area contributed by atoms with Gasteiger partial charge in [-0.15, -0.1) is 5.11 Å². The second-order valence-corrected chi connectivity index (χ2v) is 5.49. The predicted octanol–water partition coefficient (Wildman–Crippen LogP) is 3.43. The monoisotopic (exact) mass is 341 g/mol. The van der Waals surface area contributed by atoms with Gasteiger partial charge < -0.3 is 21.2 Å². The second kappa shape index (κ2) is 9.27. The Morgan fingerprint density at radius 3 is 2.32 bits per heavy atom. The Morgan fingerprint density at radius 2 is 1.72 bits per heavy atom. The van der Waals surface area contributed by atoms with E-state index in [1.807, 2.05) is 48.5 Å². The maximum atomic E-state index is 12.2. The van der Waals surface area contributed by atoms with Crippen molar-refractivity contribution in [1.29, 1.82) is 0 Å². The van der Waals surface area contributed by atoms with Gasteiger partial charge in [0.1, 0.15) is 0 Å². The number of nitrogen functional groups attached to an aromatic ring is 1. The highest BCUT2D eigenvalue weighted by Gasteiger charge is 2.15. The molecule has 0 heterocycles. The van der Waals surface area contributed by atoms with Crippen molar-refractivity contribution in [2.75, 3.05) is 18.9 Å². The van der Waals surface area contributed by atoms with E-state index in [4.69, 9.17) is 16.3 Å². The molecule has 0 fully saturated rings. The van der Waals surface area contributed by atoms with E-state index >= 15 is 0 Å². The van der Waals surface area contributed by atoms with Gasteiger partial charge in [0.15, 0.2) is 0 Å². The maximum absolute atomic E-state index is 12.2. The topological polar surface area (TPSA) is 106 Å². The molecule has 4 N–H and O–H groups in total. The number of rotatable bonds is 7. The maximum Gasteiger partial charge on any atom is 0.410 e. The zero-order valence-electron chi connectivity index (χ0n) is 14.3. The molecule has 2 aromatic rings. The van der Waals surface area contributed by atoms with Crippen molar-refractivity contribution >= 4 is 17.5 Å². The summed E-state index contributed by atoms with van der Waals surface area (Å²) in [5, 5.41) is 7.02. The van der Waals surface area contributed by atoms with E-state index in [-0.39, 0.29) is 6.09 Å². The van der Waals surface area contributed by atoms with Crippen molar-refractivity contribution in [3.63, 3.8) is 0 Å². The largest absolute Gasteiger partial charge is 0.450 e. The summed E-state index contributed by atoms with van der Waals surface area (Å²) in [7, 11) is 0. The van der Waals surface area contributed by atoms with Crippen molar-refractivity contribution in [3.05, 3.63) is 59.7 Å². The Morgan fingerprint density at radius 1 is 1.08 bits per heavy atom. The summed E-state index contributed by atoms with van der Waals surface area (Å²) in [6, 6.07) is 15.0. The molecule has 2 aromatic carbocycles. The normalized spacial score (nSPS) is 10.8. The van der Waals surface area contributed by atoms with Crippen LogP contribution in [-0.2, 0) is 17.7 Å². The summed E-state index contributed by atoms with van der Waals surface area (Å²) in [4.78, 5) is 13.9. The summed E-state index contributed by atoms with van der Waals surface area (Å²) < 4.78 is 5.16. The van der Waals surface area contributed by atoms with Crippen LogP contribution in [0.5, 0.6) is 0 Å². The lowest BCUT2D eigenvalue weighted by Gasteiger charge is -2.22.